The fraction of sp³-hybridized carbons (Fsp3) is 0.286. The Hall–Kier alpha value is -0.470. The summed E-state index contributed by atoms with van der Waals surface area (Å²) in [5.41, 5.74) is -0.935. The van der Waals surface area contributed by atoms with E-state index in [0.717, 1.165) is 13.3 Å². The van der Waals surface area contributed by atoms with Gasteiger partial charge in [0.1, 0.15) is 5.69 Å². The van der Waals surface area contributed by atoms with Crippen LogP contribution in [-0.2, 0) is 9.05 Å². The number of nitrogens with zero attached hydrogens (tertiary/aromatic N) is 1. The van der Waals surface area contributed by atoms with Gasteiger partial charge in [-0.1, -0.05) is 0 Å². The molecule has 0 spiro atoms. The largest absolute Gasteiger partial charge is 0.494 e. The second kappa shape index (κ2) is 4.80. The summed E-state index contributed by atoms with van der Waals surface area (Å²) in [5.74, 6) is -0.291. The molecule has 0 saturated carbocycles. The summed E-state index contributed by atoms with van der Waals surface area (Å²) in [4.78, 5) is 2.49. The average Bonchev–Trinajstić information content (AvgIpc) is 2.15. The highest BCUT2D eigenvalue weighted by Crippen LogP contribution is 2.38. The molecule has 0 fully saturated rings. The van der Waals surface area contributed by atoms with Crippen LogP contribution in [0.2, 0.25) is 0 Å². The van der Waals surface area contributed by atoms with Gasteiger partial charge < -0.3 is 4.74 Å². The molecule has 0 aliphatic carbocycles. The molecule has 1 heterocycles. The molecule has 0 atom stereocenters. The number of ether oxygens (including phenoxy) is 1. The first-order valence-electron chi connectivity index (χ1n) is 3.74. The maximum atomic E-state index is 12.5. The lowest BCUT2D eigenvalue weighted by atomic mass is 10.3. The van der Waals surface area contributed by atoms with Gasteiger partial charge in [-0.25, -0.2) is 17.2 Å². The van der Waals surface area contributed by atoms with Crippen LogP contribution in [0.1, 0.15) is 12.1 Å². The third kappa shape index (κ3) is 2.61. The Morgan fingerprint density at radius 2 is 2.12 bits per heavy atom. The second-order valence-corrected chi connectivity index (χ2v) is 5.95. The predicted molar refractivity (Wildman–Crippen MR) is 56.5 cm³/mol. The standard InChI is InChI=1S/C7H5BrClF2NO3S/c1-15-5-3(8)2-12-4(7(10)11)6(5)16(9,13)14/h2,7H,1H3. The lowest BCUT2D eigenvalue weighted by Crippen LogP contribution is -2.05. The van der Waals surface area contributed by atoms with Gasteiger partial charge in [0.15, 0.2) is 10.6 Å². The van der Waals surface area contributed by atoms with E-state index in [9.17, 15) is 17.2 Å². The normalized spacial score (nSPS) is 11.9. The fourth-order valence-electron chi connectivity index (χ4n) is 1.05. The van der Waals surface area contributed by atoms with Crippen molar-refractivity contribution in [1.29, 1.82) is 0 Å². The number of aromatic nitrogens is 1. The summed E-state index contributed by atoms with van der Waals surface area (Å²) < 4.78 is 52.3. The van der Waals surface area contributed by atoms with Gasteiger partial charge in [0, 0.05) is 16.9 Å². The van der Waals surface area contributed by atoms with Crippen LogP contribution < -0.4 is 4.74 Å². The summed E-state index contributed by atoms with van der Waals surface area (Å²) in [6, 6.07) is 0. The Balaban J connectivity index is 3.68. The molecule has 0 unspecified atom stereocenters. The van der Waals surface area contributed by atoms with Gasteiger partial charge in [-0.05, 0) is 15.9 Å². The van der Waals surface area contributed by atoms with Gasteiger partial charge in [0.2, 0.25) is 0 Å². The number of hydrogen-bond acceptors (Lipinski definition) is 4. The summed E-state index contributed by atoms with van der Waals surface area (Å²) >= 11 is 2.93. The SMILES string of the molecule is COc1c(Br)cnc(C(F)F)c1S(=O)(=O)Cl. The van der Waals surface area contributed by atoms with Gasteiger partial charge in [-0.2, -0.15) is 0 Å². The smallest absolute Gasteiger partial charge is 0.281 e. The van der Waals surface area contributed by atoms with Crippen LogP contribution in [0.3, 0.4) is 0 Å². The minimum absolute atomic E-state index is 0.124. The zero-order valence-corrected chi connectivity index (χ0v) is 10.9. The number of hydrogen-bond donors (Lipinski definition) is 0. The van der Waals surface area contributed by atoms with Crippen molar-refractivity contribution in [2.45, 2.75) is 11.3 Å². The van der Waals surface area contributed by atoms with E-state index >= 15 is 0 Å². The molecule has 1 aromatic rings. The van der Waals surface area contributed by atoms with E-state index < -0.39 is 26.1 Å². The molecule has 1 aromatic heterocycles. The third-order valence-corrected chi connectivity index (χ3v) is 3.54. The van der Waals surface area contributed by atoms with E-state index in [1.165, 1.54) is 0 Å². The molecule has 16 heavy (non-hydrogen) atoms. The van der Waals surface area contributed by atoms with Crippen LogP contribution in [0.25, 0.3) is 0 Å². The monoisotopic (exact) mass is 335 g/mol. The quantitative estimate of drug-likeness (QED) is 0.796. The van der Waals surface area contributed by atoms with Crippen molar-refractivity contribution in [1.82, 2.24) is 4.98 Å². The molecule has 90 valence electrons. The average molecular weight is 337 g/mol. The van der Waals surface area contributed by atoms with E-state index in [-0.39, 0.29) is 10.2 Å². The van der Waals surface area contributed by atoms with E-state index in [2.05, 4.69) is 20.9 Å². The molecule has 0 N–H and O–H groups in total. The number of alkyl halides is 2. The fourth-order valence-corrected chi connectivity index (χ4v) is 2.90. The molecule has 0 saturated heterocycles. The Bertz CT molecular complexity index is 509. The van der Waals surface area contributed by atoms with Gasteiger partial charge >= 0.3 is 0 Å². The molecule has 0 aromatic carbocycles. The van der Waals surface area contributed by atoms with Gasteiger partial charge in [-0.3, -0.25) is 4.98 Å². The molecule has 0 aliphatic rings. The first kappa shape index (κ1) is 13.6. The van der Waals surface area contributed by atoms with E-state index in [1.807, 2.05) is 0 Å². The maximum Gasteiger partial charge on any atom is 0.281 e. The van der Waals surface area contributed by atoms with Crippen LogP contribution in [0.5, 0.6) is 5.75 Å². The number of methoxy groups -OCH3 is 1. The van der Waals surface area contributed by atoms with Crippen molar-refractivity contribution in [2.24, 2.45) is 0 Å². The van der Waals surface area contributed by atoms with Crippen LogP contribution in [0.4, 0.5) is 8.78 Å². The Morgan fingerprint density at radius 1 is 1.56 bits per heavy atom. The highest BCUT2D eigenvalue weighted by Gasteiger charge is 2.29. The van der Waals surface area contributed by atoms with Crippen molar-refractivity contribution in [3.05, 3.63) is 16.4 Å². The molecule has 0 amide bonds. The molecule has 0 radical (unpaired) electrons. The lowest BCUT2D eigenvalue weighted by Gasteiger charge is -2.11. The topological polar surface area (TPSA) is 56.3 Å². The van der Waals surface area contributed by atoms with E-state index in [4.69, 9.17) is 15.4 Å². The second-order valence-electron chi connectivity index (χ2n) is 2.59. The summed E-state index contributed by atoms with van der Waals surface area (Å²) in [6.07, 6.45) is -2.04. The van der Waals surface area contributed by atoms with Crippen molar-refractivity contribution >= 4 is 35.7 Å². The summed E-state index contributed by atoms with van der Waals surface area (Å²) in [7, 11) is 1.83. The van der Waals surface area contributed by atoms with Gasteiger partial charge in [0.25, 0.3) is 15.5 Å². The van der Waals surface area contributed by atoms with Gasteiger partial charge in [-0.15, -0.1) is 0 Å². The van der Waals surface area contributed by atoms with Crippen molar-refractivity contribution in [2.75, 3.05) is 7.11 Å². The Morgan fingerprint density at radius 3 is 2.50 bits per heavy atom. The first-order chi connectivity index (χ1) is 7.29. The van der Waals surface area contributed by atoms with Crippen LogP contribution in [-0.4, -0.2) is 20.5 Å². The van der Waals surface area contributed by atoms with E-state index in [1.54, 1.807) is 0 Å². The minimum atomic E-state index is -4.37. The summed E-state index contributed by atoms with van der Waals surface area (Å²) in [5, 5.41) is 0. The van der Waals surface area contributed by atoms with Crippen LogP contribution in [0, 0.1) is 0 Å². The molecule has 1 rings (SSSR count). The molecule has 4 nitrogen and oxygen atoms in total. The van der Waals surface area contributed by atoms with Crippen LogP contribution in [0.15, 0.2) is 15.6 Å². The van der Waals surface area contributed by atoms with Gasteiger partial charge in [0.05, 0.1) is 11.6 Å². The van der Waals surface area contributed by atoms with Crippen LogP contribution >= 0.6 is 26.6 Å². The molecule has 9 heteroatoms. The van der Waals surface area contributed by atoms with Crippen molar-refractivity contribution in [3.8, 4) is 5.75 Å². The summed E-state index contributed by atoms with van der Waals surface area (Å²) in [6.45, 7) is 0. The lowest BCUT2D eigenvalue weighted by molar-refractivity contribution is 0.141. The predicted octanol–water partition coefficient (Wildman–Crippen LogP) is 2.72. The highest BCUT2D eigenvalue weighted by atomic mass is 79.9. The molecular formula is C7H5BrClF2NO3S. The van der Waals surface area contributed by atoms with E-state index in [0.29, 0.717) is 0 Å². The number of pyridine rings is 1. The Kier molecular flexibility index (Phi) is 4.08. The minimum Gasteiger partial charge on any atom is -0.494 e. The zero-order chi connectivity index (χ0) is 12.5. The number of rotatable bonds is 3. The van der Waals surface area contributed by atoms with Crippen molar-refractivity contribution < 1.29 is 21.9 Å². The van der Waals surface area contributed by atoms with Crippen molar-refractivity contribution in [3.63, 3.8) is 0 Å². The Labute approximate surface area is 103 Å². The molecule has 0 bridgehead atoms. The first-order valence-corrected chi connectivity index (χ1v) is 6.84. The zero-order valence-electron chi connectivity index (χ0n) is 7.75. The molecule has 0 aliphatic heterocycles. The number of halogens is 4. The molecular weight excluding hydrogens is 332 g/mol. The maximum absolute atomic E-state index is 12.5. The highest BCUT2D eigenvalue weighted by molar-refractivity contribution is 9.10. The third-order valence-electron chi connectivity index (χ3n) is 1.63.